The highest BCUT2D eigenvalue weighted by atomic mass is 16.5. The highest BCUT2D eigenvalue weighted by Crippen LogP contribution is 2.56. The second-order valence-corrected chi connectivity index (χ2v) is 7.00. The normalized spacial score (nSPS) is 27.8. The molecule has 1 fully saturated rings. The summed E-state index contributed by atoms with van der Waals surface area (Å²) < 4.78 is 6.58. The number of ketones is 1. The molecule has 24 heavy (non-hydrogen) atoms. The Kier molecular flexibility index (Phi) is 3.80. The van der Waals surface area contributed by atoms with Crippen LogP contribution >= 0.6 is 0 Å². The molecule has 124 valence electrons. The zero-order chi connectivity index (χ0) is 16.7. The zero-order valence-electron chi connectivity index (χ0n) is 14.4. The van der Waals surface area contributed by atoms with Gasteiger partial charge in [-0.3, -0.25) is 4.79 Å². The molecule has 4 rings (SSSR count). The SMILES string of the molecule is CCC(=O)c1ccccc1C1CC2Cc3ccccc3C1(CC)O2. The van der Waals surface area contributed by atoms with Crippen molar-refractivity contribution in [3.05, 3.63) is 70.8 Å². The lowest BCUT2D eigenvalue weighted by molar-refractivity contribution is -0.0662. The minimum Gasteiger partial charge on any atom is -0.366 e. The van der Waals surface area contributed by atoms with Gasteiger partial charge in [-0.25, -0.2) is 0 Å². The van der Waals surface area contributed by atoms with E-state index in [0.29, 0.717) is 6.42 Å². The first-order chi connectivity index (χ1) is 11.7. The van der Waals surface area contributed by atoms with Crippen molar-refractivity contribution in [1.82, 2.24) is 0 Å². The third-order valence-electron chi connectivity index (χ3n) is 5.84. The second kappa shape index (κ2) is 5.86. The summed E-state index contributed by atoms with van der Waals surface area (Å²) in [6.45, 7) is 4.15. The van der Waals surface area contributed by atoms with Crippen LogP contribution in [-0.2, 0) is 16.8 Å². The quantitative estimate of drug-likeness (QED) is 0.740. The van der Waals surface area contributed by atoms with Gasteiger partial charge in [-0.05, 0) is 36.0 Å². The smallest absolute Gasteiger partial charge is 0.162 e. The van der Waals surface area contributed by atoms with Gasteiger partial charge in [-0.2, -0.15) is 0 Å². The molecule has 2 aromatic rings. The number of Topliss-reactive ketones (excluding diaryl/α,β-unsaturated/α-hetero) is 1. The third kappa shape index (κ3) is 2.16. The molecule has 3 atom stereocenters. The predicted octanol–water partition coefficient (Wildman–Crippen LogP) is 5.01. The van der Waals surface area contributed by atoms with Crippen LogP contribution in [0, 0.1) is 0 Å². The van der Waals surface area contributed by atoms with Crippen molar-refractivity contribution >= 4 is 5.78 Å². The molecular formula is C22H24O2. The van der Waals surface area contributed by atoms with Gasteiger partial charge in [0.05, 0.1) is 6.10 Å². The van der Waals surface area contributed by atoms with E-state index in [-0.39, 0.29) is 23.4 Å². The number of benzene rings is 2. The summed E-state index contributed by atoms with van der Waals surface area (Å²) in [5.41, 5.74) is 4.50. The van der Waals surface area contributed by atoms with Crippen molar-refractivity contribution in [2.45, 2.75) is 57.2 Å². The number of carbonyl (C=O) groups is 1. The van der Waals surface area contributed by atoms with E-state index in [9.17, 15) is 4.79 Å². The van der Waals surface area contributed by atoms with E-state index in [1.807, 2.05) is 19.1 Å². The lowest BCUT2D eigenvalue weighted by atomic mass is 9.73. The van der Waals surface area contributed by atoms with Gasteiger partial charge < -0.3 is 4.74 Å². The molecule has 2 heteroatoms. The predicted molar refractivity (Wildman–Crippen MR) is 95.4 cm³/mol. The Bertz CT molecular complexity index is 779. The van der Waals surface area contributed by atoms with Crippen molar-refractivity contribution in [2.24, 2.45) is 0 Å². The van der Waals surface area contributed by atoms with E-state index in [1.165, 1.54) is 16.7 Å². The van der Waals surface area contributed by atoms with Crippen LogP contribution in [-0.4, -0.2) is 11.9 Å². The molecule has 2 aromatic carbocycles. The highest BCUT2D eigenvalue weighted by molar-refractivity contribution is 5.97. The van der Waals surface area contributed by atoms with Crippen LogP contribution in [0.3, 0.4) is 0 Å². The summed E-state index contributed by atoms with van der Waals surface area (Å²) in [5.74, 6) is 0.481. The van der Waals surface area contributed by atoms with Crippen LogP contribution in [0.25, 0.3) is 0 Å². The standard InChI is InChI=1S/C22H24O2/c1-3-21(23)18-11-7-6-10-17(18)20-14-16-13-15-9-5-8-12-19(15)22(20,4-2)24-16/h5-12,16,20H,3-4,13-14H2,1-2H3. The van der Waals surface area contributed by atoms with Crippen molar-refractivity contribution in [1.29, 1.82) is 0 Å². The fraction of sp³-hybridized carbons (Fsp3) is 0.409. The van der Waals surface area contributed by atoms with Crippen LogP contribution in [0.4, 0.5) is 0 Å². The number of ether oxygens (including phenoxy) is 1. The number of hydrogen-bond acceptors (Lipinski definition) is 2. The largest absolute Gasteiger partial charge is 0.366 e. The Balaban J connectivity index is 1.88. The van der Waals surface area contributed by atoms with Crippen LogP contribution in [0.15, 0.2) is 48.5 Å². The fourth-order valence-electron chi connectivity index (χ4n) is 4.76. The summed E-state index contributed by atoms with van der Waals surface area (Å²) >= 11 is 0. The average molecular weight is 320 g/mol. The van der Waals surface area contributed by atoms with E-state index < -0.39 is 0 Å². The van der Waals surface area contributed by atoms with Gasteiger partial charge in [0.1, 0.15) is 5.60 Å². The first-order valence-electron chi connectivity index (χ1n) is 9.08. The lowest BCUT2D eigenvalue weighted by Gasteiger charge is -2.39. The maximum Gasteiger partial charge on any atom is 0.162 e. The van der Waals surface area contributed by atoms with Crippen LogP contribution in [0.5, 0.6) is 0 Å². The molecule has 1 saturated heterocycles. The van der Waals surface area contributed by atoms with Gasteiger partial charge in [-0.1, -0.05) is 62.4 Å². The number of carbonyl (C=O) groups excluding carboxylic acids is 1. The molecular weight excluding hydrogens is 296 g/mol. The maximum absolute atomic E-state index is 12.5. The Morgan fingerprint density at radius 3 is 2.67 bits per heavy atom. The van der Waals surface area contributed by atoms with Crippen molar-refractivity contribution in [2.75, 3.05) is 0 Å². The first-order valence-corrected chi connectivity index (χ1v) is 9.08. The molecule has 3 unspecified atom stereocenters. The van der Waals surface area contributed by atoms with Gasteiger partial charge in [0.15, 0.2) is 5.78 Å². The van der Waals surface area contributed by atoms with Crippen molar-refractivity contribution in [3.8, 4) is 0 Å². The molecule has 2 aliphatic rings. The average Bonchev–Trinajstić information content (AvgIpc) is 2.95. The molecule has 0 amide bonds. The number of fused-ring (bicyclic) bond motifs is 4. The third-order valence-corrected chi connectivity index (χ3v) is 5.84. The van der Waals surface area contributed by atoms with E-state index >= 15 is 0 Å². The zero-order valence-corrected chi connectivity index (χ0v) is 14.4. The summed E-state index contributed by atoms with van der Waals surface area (Å²) in [6.07, 6.45) is 3.72. The van der Waals surface area contributed by atoms with Gasteiger partial charge in [0.2, 0.25) is 0 Å². The van der Waals surface area contributed by atoms with Crippen molar-refractivity contribution < 1.29 is 9.53 Å². The number of rotatable bonds is 4. The van der Waals surface area contributed by atoms with Gasteiger partial charge in [-0.15, -0.1) is 0 Å². The second-order valence-electron chi connectivity index (χ2n) is 7.00. The fourth-order valence-corrected chi connectivity index (χ4v) is 4.76. The molecule has 2 nitrogen and oxygen atoms in total. The van der Waals surface area contributed by atoms with Crippen molar-refractivity contribution in [3.63, 3.8) is 0 Å². The molecule has 2 bridgehead atoms. The van der Waals surface area contributed by atoms with E-state index in [1.54, 1.807) is 0 Å². The van der Waals surface area contributed by atoms with Gasteiger partial charge in [0, 0.05) is 17.9 Å². The van der Waals surface area contributed by atoms with Gasteiger partial charge >= 0.3 is 0 Å². The molecule has 0 radical (unpaired) electrons. The summed E-state index contributed by atoms with van der Waals surface area (Å²) in [6, 6.07) is 16.8. The molecule has 2 heterocycles. The molecule has 2 aliphatic heterocycles. The lowest BCUT2D eigenvalue weighted by Crippen LogP contribution is -2.36. The minimum absolute atomic E-state index is 0.228. The van der Waals surface area contributed by atoms with Crippen LogP contribution in [0.1, 0.15) is 66.1 Å². The molecule has 0 aromatic heterocycles. The van der Waals surface area contributed by atoms with E-state index in [4.69, 9.17) is 4.74 Å². The van der Waals surface area contributed by atoms with Crippen LogP contribution < -0.4 is 0 Å². The molecule has 0 N–H and O–H groups in total. The highest BCUT2D eigenvalue weighted by Gasteiger charge is 2.53. The topological polar surface area (TPSA) is 26.3 Å². The minimum atomic E-state index is -0.288. The Hall–Kier alpha value is -1.93. The Morgan fingerprint density at radius 2 is 1.88 bits per heavy atom. The Labute approximate surface area is 143 Å². The molecule has 0 spiro atoms. The molecule has 0 aliphatic carbocycles. The number of hydrogen-bond donors (Lipinski definition) is 0. The van der Waals surface area contributed by atoms with Gasteiger partial charge in [0.25, 0.3) is 0 Å². The summed E-state index contributed by atoms with van der Waals surface area (Å²) in [4.78, 5) is 12.5. The summed E-state index contributed by atoms with van der Waals surface area (Å²) in [5, 5.41) is 0. The van der Waals surface area contributed by atoms with E-state index in [0.717, 1.165) is 24.8 Å². The monoisotopic (exact) mass is 320 g/mol. The summed E-state index contributed by atoms with van der Waals surface area (Å²) in [7, 11) is 0. The van der Waals surface area contributed by atoms with Crippen LogP contribution in [0.2, 0.25) is 0 Å². The first kappa shape index (κ1) is 15.6. The maximum atomic E-state index is 12.5. The Morgan fingerprint density at radius 1 is 1.12 bits per heavy atom. The molecule has 0 saturated carbocycles. The van der Waals surface area contributed by atoms with E-state index in [2.05, 4.69) is 43.3 Å².